The average molecular weight is 419 g/mol. The van der Waals surface area contributed by atoms with E-state index in [0.717, 1.165) is 40.6 Å². The van der Waals surface area contributed by atoms with Crippen LogP contribution in [0.15, 0.2) is 29.9 Å². The summed E-state index contributed by atoms with van der Waals surface area (Å²) in [7, 11) is 2.09. The molecule has 0 amide bonds. The first-order valence-electron chi connectivity index (χ1n) is 10.5. The number of nitrogens with zero attached hydrogens (tertiary/aromatic N) is 6. The summed E-state index contributed by atoms with van der Waals surface area (Å²) in [5.41, 5.74) is 5.01. The van der Waals surface area contributed by atoms with E-state index in [9.17, 15) is 0 Å². The highest BCUT2D eigenvalue weighted by Crippen LogP contribution is 2.38. The maximum Gasteiger partial charge on any atom is 0.152 e. The topological polar surface area (TPSA) is 59.7 Å². The van der Waals surface area contributed by atoms with Crippen LogP contribution >= 0.6 is 11.3 Å². The van der Waals surface area contributed by atoms with E-state index < -0.39 is 0 Å². The Labute approximate surface area is 180 Å². The van der Waals surface area contributed by atoms with E-state index in [4.69, 9.17) is 0 Å². The van der Waals surface area contributed by atoms with Gasteiger partial charge in [-0.3, -0.25) is 0 Å². The van der Waals surface area contributed by atoms with Gasteiger partial charge in [-0.25, -0.2) is 9.97 Å². The molecule has 4 heterocycles. The number of hydrogen-bond donors (Lipinski definition) is 0. The van der Waals surface area contributed by atoms with Gasteiger partial charge in [0.15, 0.2) is 5.82 Å². The van der Waals surface area contributed by atoms with E-state index in [1.807, 2.05) is 0 Å². The molecule has 0 aliphatic carbocycles. The molecule has 0 saturated carbocycles. The number of hydrogen-bond acceptors (Lipinski definition) is 6. The number of rotatable bonds is 4. The van der Waals surface area contributed by atoms with Crippen molar-refractivity contribution in [2.75, 3.05) is 11.9 Å². The van der Waals surface area contributed by atoms with Crippen LogP contribution in [0.4, 0.5) is 5.82 Å². The molecule has 4 aromatic rings. The van der Waals surface area contributed by atoms with Gasteiger partial charge in [0.25, 0.3) is 0 Å². The number of aromatic nitrogens is 5. The molecule has 0 spiro atoms. The second-order valence-electron chi connectivity index (χ2n) is 8.18. The molecule has 1 aromatic carbocycles. The molecular weight excluding hydrogens is 392 g/mol. The summed E-state index contributed by atoms with van der Waals surface area (Å²) in [5.74, 6) is 3.08. The second kappa shape index (κ2) is 7.80. The maximum atomic E-state index is 4.68. The molecule has 0 radical (unpaired) electrons. The molecule has 3 aromatic heterocycles. The zero-order chi connectivity index (χ0) is 20.7. The Balaban J connectivity index is 1.54. The lowest BCUT2D eigenvalue weighted by molar-refractivity contribution is 0.601. The lowest BCUT2D eigenvalue weighted by Gasteiger charge is -2.19. The summed E-state index contributed by atoms with van der Waals surface area (Å²) in [6.45, 7) is 6.00. The average Bonchev–Trinajstić information content (AvgIpc) is 3.26. The summed E-state index contributed by atoms with van der Waals surface area (Å²) in [4.78, 5) is 12.4. The first-order chi connectivity index (χ1) is 14.6. The van der Waals surface area contributed by atoms with E-state index in [1.54, 1.807) is 17.7 Å². The van der Waals surface area contributed by atoms with Gasteiger partial charge in [0.05, 0.1) is 11.9 Å². The molecule has 30 heavy (non-hydrogen) atoms. The largest absolute Gasteiger partial charge is 0.351 e. The van der Waals surface area contributed by atoms with Crippen LogP contribution in [0.25, 0.3) is 21.3 Å². The first-order valence-corrected chi connectivity index (χ1v) is 11.4. The lowest BCUT2D eigenvalue weighted by Crippen LogP contribution is -2.21. The molecule has 0 unspecified atom stereocenters. The predicted molar refractivity (Wildman–Crippen MR) is 122 cm³/mol. The first kappa shape index (κ1) is 19.2. The van der Waals surface area contributed by atoms with Gasteiger partial charge in [-0.2, -0.15) is 0 Å². The molecule has 0 bridgehead atoms. The molecule has 0 fully saturated rings. The number of fused-ring (bicyclic) bond motifs is 2. The van der Waals surface area contributed by atoms with Gasteiger partial charge >= 0.3 is 0 Å². The molecule has 5 rings (SSSR count). The SMILES string of the molecule is Cc1ccc(-c2csc3ncnc(N(C)Cc4nnc5n4CCCCC5)c23)cc1C. The maximum absolute atomic E-state index is 4.68. The monoisotopic (exact) mass is 418 g/mol. The van der Waals surface area contributed by atoms with Crippen LogP contribution < -0.4 is 4.90 Å². The van der Waals surface area contributed by atoms with Crippen LogP contribution in [0, 0.1) is 13.8 Å². The van der Waals surface area contributed by atoms with Crippen molar-refractivity contribution in [1.82, 2.24) is 24.7 Å². The summed E-state index contributed by atoms with van der Waals surface area (Å²) in [5, 5.41) is 12.3. The fourth-order valence-corrected chi connectivity index (χ4v) is 5.13. The van der Waals surface area contributed by atoms with Gasteiger partial charge in [-0.1, -0.05) is 24.6 Å². The fourth-order valence-electron chi connectivity index (χ4n) is 4.22. The molecule has 0 atom stereocenters. The Bertz CT molecular complexity index is 1210. The van der Waals surface area contributed by atoms with Crippen molar-refractivity contribution in [2.24, 2.45) is 0 Å². The summed E-state index contributed by atoms with van der Waals surface area (Å²) >= 11 is 1.67. The van der Waals surface area contributed by atoms with Crippen LogP contribution in [0.5, 0.6) is 0 Å². The van der Waals surface area contributed by atoms with Crippen LogP contribution in [0.3, 0.4) is 0 Å². The molecule has 6 nitrogen and oxygen atoms in total. The Morgan fingerprint density at radius 2 is 1.97 bits per heavy atom. The highest BCUT2D eigenvalue weighted by molar-refractivity contribution is 7.17. The minimum absolute atomic E-state index is 0.682. The zero-order valence-corrected chi connectivity index (χ0v) is 18.5. The highest BCUT2D eigenvalue weighted by Gasteiger charge is 2.20. The van der Waals surface area contributed by atoms with Crippen molar-refractivity contribution >= 4 is 27.4 Å². The Morgan fingerprint density at radius 3 is 2.83 bits per heavy atom. The van der Waals surface area contributed by atoms with Crippen molar-refractivity contribution in [2.45, 2.75) is 52.6 Å². The third kappa shape index (κ3) is 3.37. The van der Waals surface area contributed by atoms with Crippen molar-refractivity contribution in [1.29, 1.82) is 0 Å². The third-order valence-electron chi connectivity index (χ3n) is 6.09. The fraction of sp³-hybridized carbons (Fsp3) is 0.391. The molecular formula is C23H26N6S. The van der Waals surface area contributed by atoms with E-state index in [-0.39, 0.29) is 0 Å². The Morgan fingerprint density at radius 1 is 1.07 bits per heavy atom. The molecule has 0 saturated heterocycles. The second-order valence-corrected chi connectivity index (χ2v) is 9.03. The summed E-state index contributed by atoms with van der Waals surface area (Å²) < 4.78 is 2.31. The van der Waals surface area contributed by atoms with Gasteiger partial charge in [-0.15, -0.1) is 21.5 Å². The highest BCUT2D eigenvalue weighted by atomic mass is 32.1. The minimum Gasteiger partial charge on any atom is -0.351 e. The van der Waals surface area contributed by atoms with Gasteiger partial charge in [0.1, 0.15) is 22.8 Å². The van der Waals surface area contributed by atoms with E-state index in [0.29, 0.717) is 6.54 Å². The van der Waals surface area contributed by atoms with Crippen molar-refractivity contribution in [3.05, 3.63) is 52.7 Å². The predicted octanol–water partition coefficient (Wildman–Crippen LogP) is 4.93. The summed E-state index contributed by atoms with van der Waals surface area (Å²) in [6, 6.07) is 6.64. The number of aryl methyl sites for hydroxylation is 3. The Hall–Kier alpha value is -2.80. The molecule has 7 heteroatoms. The third-order valence-corrected chi connectivity index (χ3v) is 6.98. The van der Waals surface area contributed by atoms with Gasteiger partial charge < -0.3 is 9.47 Å². The Kier molecular flexibility index (Phi) is 4.98. The summed E-state index contributed by atoms with van der Waals surface area (Å²) in [6.07, 6.45) is 6.35. The van der Waals surface area contributed by atoms with Crippen molar-refractivity contribution < 1.29 is 0 Å². The van der Waals surface area contributed by atoms with E-state index in [2.05, 4.69) is 74.1 Å². The van der Waals surface area contributed by atoms with Gasteiger partial charge in [-0.05, 0) is 43.4 Å². The number of anilines is 1. The molecule has 154 valence electrons. The van der Waals surface area contributed by atoms with E-state index >= 15 is 0 Å². The quantitative estimate of drug-likeness (QED) is 0.470. The van der Waals surface area contributed by atoms with Crippen LogP contribution in [0.1, 0.15) is 42.0 Å². The normalized spacial score (nSPS) is 14.0. The van der Waals surface area contributed by atoms with E-state index in [1.165, 1.54) is 41.5 Å². The minimum atomic E-state index is 0.682. The molecule has 1 aliphatic heterocycles. The standard InChI is InChI=1S/C23H26N6S/c1-15-8-9-17(11-16(15)2)18-13-30-23-21(18)22(24-14-25-23)28(3)12-20-27-26-19-7-5-4-6-10-29(19)20/h8-9,11,13-14H,4-7,10,12H2,1-3H3. The smallest absolute Gasteiger partial charge is 0.152 e. The van der Waals surface area contributed by atoms with Gasteiger partial charge in [0, 0.05) is 31.0 Å². The number of benzene rings is 1. The zero-order valence-electron chi connectivity index (χ0n) is 17.7. The lowest BCUT2D eigenvalue weighted by atomic mass is 10.0. The number of thiophene rings is 1. The van der Waals surface area contributed by atoms with Crippen LogP contribution in [0.2, 0.25) is 0 Å². The molecule has 1 aliphatic rings. The van der Waals surface area contributed by atoms with Crippen LogP contribution in [-0.2, 0) is 19.5 Å². The molecule has 0 N–H and O–H groups in total. The van der Waals surface area contributed by atoms with Crippen molar-refractivity contribution in [3.63, 3.8) is 0 Å². The van der Waals surface area contributed by atoms with Crippen molar-refractivity contribution in [3.8, 4) is 11.1 Å². The van der Waals surface area contributed by atoms with Crippen LogP contribution in [-0.4, -0.2) is 31.8 Å². The van der Waals surface area contributed by atoms with Gasteiger partial charge in [0.2, 0.25) is 0 Å².